The van der Waals surface area contributed by atoms with Crippen LogP contribution in [0.1, 0.15) is 35.1 Å². The highest BCUT2D eigenvalue weighted by atomic mass is 16.5. The maximum atomic E-state index is 6.16. The summed E-state index contributed by atoms with van der Waals surface area (Å²) in [7, 11) is 1.97. The van der Waals surface area contributed by atoms with Crippen molar-refractivity contribution in [1.82, 2.24) is 19.6 Å². The van der Waals surface area contributed by atoms with Crippen molar-refractivity contribution in [3.8, 4) is 5.75 Å². The Labute approximate surface area is 196 Å². The molecule has 5 rings (SSSR count). The van der Waals surface area contributed by atoms with Crippen molar-refractivity contribution in [2.45, 2.75) is 45.2 Å². The Morgan fingerprint density at radius 2 is 1.76 bits per heavy atom. The van der Waals surface area contributed by atoms with Crippen LogP contribution in [0.3, 0.4) is 0 Å². The number of aromatic nitrogens is 2. The van der Waals surface area contributed by atoms with Gasteiger partial charge in [-0.15, -0.1) is 0 Å². The molecule has 0 bridgehead atoms. The highest BCUT2D eigenvalue weighted by Crippen LogP contribution is 2.26. The summed E-state index contributed by atoms with van der Waals surface area (Å²) in [5, 5.41) is 4.31. The Morgan fingerprint density at radius 1 is 0.939 bits per heavy atom. The van der Waals surface area contributed by atoms with Crippen LogP contribution in [0.15, 0.2) is 60.9 Å². The van der Waals surface area contributed by atoms with Gasteiger partial charge in [-0.05, 0) is 36.1 Å². The van der Waals surface area contributed by atoms with Crippen LogP contribution in [0.25, 0.3) is 0 Å². The second kappa shape index (κ2) is 10.5. The molecule has 2 aliphatic rings. The minimum Gasteiger partial charge on any atom is -0.492 e. The summed E-state index contributed by atoms with van der Waals surface area (Å²) < 4.78 is 14.1. The summed E-state index contributed by atoms with van der Waals surface area (Å²) in [4.78, 5) is 5.00. The van der Waals surface area contributed by atoms with Crippen molar-refractivity contribution >= 4 is 0 Å². The molecule has 174 valence electrons. The number of fused-ring (bicyclic) bond motifs is 1. The van der Waals surface area contributed by atoms with Crippen LogP contribution in [-0.2, 0) is 38.0 Å². The zero-order valence-electron chi connectivity index (χ0n) is 19.5. The van der Waals surface area contributed by atoms with Crippen LogP contribution in [0, 0.1) is 0 Å². The lowest BCUT2D eigenvalue weighted by molar-refractivity contribution is -0.00394. The molecular formula is C27H34N4O2. The molecule has 33 heavy (non-hydrogen) atoms. The smallest absolute Gasteiger partial charge is 0.123 e. The quantitative estimate of drug-likeness (QED) is 0.549. The predicted octanol–water partition coefficient (Wildman–Crippen LogP) is 4.00. The third-order valence-corrected chi connectivity index (χ3v) is 6.62. The molecule has 1 saturated heterocycles. The molecule has 6 heteroatoms. The number of hydrogen-bond acceptors (Lipinski definition) is 5. The van der Waals surface area contributed by atoms with Crippen molar-refractivity contribution < 1.29 is 9.47 Å². The molecule has 6 nitrogen and oxygen atoms in total. The van der Waals surface area contributed by atoms with Crippen molar-refractivity contribution in [3.63, 3.8) is 0 Å². The Hall–Kier alpha value is -2.67. The normalized spacial score (nSPS) is 18.0. The van der Waals surface area contributed by atoms with Gasteiger partial charge >= 0.3 is 0 Å². The molecule has 0 saturated carbocycles. The summed E-state index contributed by atoms with van der Waals surface area (Å²) in [5.41, 5.74) is 5.15. The van der Waals surface area contributed by atoms with Crippen molar-refractivity contribution in [1.29, 1.82) is 0 Å². The zero-order chi connectivity index (χ0) is 22.5. The number of hydrogen-bond donors (Lipinski definition) is 0. The van der Waals surface area contributed by atoms with Crippen LogP contribution in [0.4, 0.5) is 0 Å². The first-order valence-electron chi connectivity index (χ1n) is 12.0. The van der Waals surface area contributed by atoms with E-state index >= 15 is 0 Å². The molecule has 0 radical (unpaired) electrons. The summed E-state index contributed by atoms with van der Waals surface area (Å²) in [5.74, 6) is 1.03. The zero-order valence-corrected chi connectivity index (χ0v) is 19.5. The largest absolute Gasteiger partial charge is 0.492 e. The van der Waals surface area contributed by atoms with E-state index in [0.717, 1.165) is 64.5 Å². The average molecular weight is 447 g/mol. The number of piperidine rings is 1. The first-order valence-corrected chi connectivity index (χ1v) is 12.0. The Kier molecular flexibility index (Phi) is 7.05. The van der Waals surface area contributed by atoms with E-state index in [-0.39, 0.29) is 0 Å². The number of aryl methyl sites for hydroxylation is 1. The third-order valence-electron chi connectivity index (χ3n) is 6.62. The lowest BCUT2D eigenvalue weighted by Crippen LogP contribution is -2.36. The first kappa shape index (κ1) is 22.1. The molecule has 2 aliphatic heterocycles. The fourth-order valence-corrected chi connectivity index (χ4v) is 4.83. The molecule has 0 unspecified atom stereocenters. The van der Waals surface area contributed by atoms with Gasteiger partial charge in [0.15, 0.2) is 0 Å². The molecular weight excluding hydrogens is 412 g/mol. The van der Waals surface area contributed by atoms with Gasteiger partial charge in [0.1, 0.15) is 12.4 Å². The summed E-state index contributed by atoms with van der Waals surface area (Å²) in [6.07, 6.45) is 6.61. The third kappa shape index (κ3) is 6.02. The fourth-order valence-electron chi connectivity index (χ4n) is 4.83. The van der Waals surface area contributed by atoms with Crippen molar-refractivity contribution in [3.05, 3.63) is 83.2 Å². The van der Waals surface area contributed by atoms with Crippen molar-refractivity contribution in [2.75, 3.05) is 26.2 Å². The first-order chi connectivity index (χ1) is 16.2. The van der Waals surface area contributed by atoms with E-state index in [2.05, 4.69) is 69.6 Å². The second-order valence-electron chi connectivity index (χ2n) is 9.30. The standard InChI is InChI=1S/C27H34N4O2/c1-29-17-24(16-28-29)19-31-13-14-32-27-8-7-23(15-25(27)20-31)18-30-11-9-26(10-12-30)33-21-22-5-3-2-4-6-22/h2-8,15-17,26H,9-14,18-21H2,1H3. The molecule has 1 aromatic heterocycles. The van der Waals surface area contributed by atoms with Crippen molar-refractivity contribution in [2.24, 2.45) is 7.05 Å². The molecule has 0 N–H and O–H groups in total. The molecule has 1 fully saturated rings. The Morgan fingerprint density at radius 3 is 2.55 bits per heavy atom. The van der Waals surface area contributed by atoms with E-state index in [9.17, 15) is 0 Å². The molecule has 0 aliphatic carbocycles. The van der Waals surface area contributed by atoms with Crippen LogP contribution in [-0.4, -0.2) is 51.9 Å². The van der Waals surface area contributed by atoms with Gasteiger partial charge < -0.3 is 9.47 Å². The number of nitrogens with zero attached hydrogens (tertiary/aromatic N) is 4. The van der Waals surface area contributed by atoms with E-state index in [0.29, 0.717) is 12.7 Å². The van der Waals surface area contributed by atoms with E-state index in [1.807, 2.05) is 17.9 Å². The molecule has 2 aromatic carbocycles. The minimum atomic E-state index is 0.364. The molecule has 0 spiro atoms. The van der Waals surface area contributed by atoms with Gasteiger partial charge in [-0.3, -0.25) is 14.5 Å². The predicted molar refractivity (Wildman–Crippen MR) is 129 cm³/mol. The summed E-state index contributed by atoms with van der Waals surface area (Å²) in [6, 6.07) is 17.2. The minimum absolute atomic E-state index is 0.364. The highest BCUT2D eigenvalue weighted by molar-refractivity contribution is 5.38. The average Bonchev–Trinajstić information content (AvgIpc) is 3.14. The number of ether oxygens (including phenoxy) is 2. The van der Waals surface area contributed by atoms with Crippen LogP contribution in [0.5, 0.6) is 5.75 Å². The van der Waals surface area contributed by atoms with Crippen LogP contribution < -0.4 is 4.74 Å². The second-order valence-corrected chi connectivity index (χ2v) is 9.30. The van der Waals surface area contributed by atoms with E-state index in [1.165, 1.54) is 22.3 Å². The van der Waals surface area contributed by atoms with Gasteiger partial charge in [-0.25, -0.2) is 0 Å². The summed E-state index contributed by atoms with van der Waals surface area (Å²) in [6.45, 7) is 7.33. The van der Waals surface area contributed by atoms with Gasteiger partial charge in [0.2, 0.25) is 0 Å². The molecule has 3 heterocycles. The maximum absolute atomic E-state index is 6.16. The highest BCUT2D eigenvalue weighted by Gasteiger charge is 2.21. The molecule has 0 atom stereocenters. The summed E-state index contributed by atoms with van der Waals surface area (Å²) >= 11 is 0. The monoisotopic (exact) mass is 446 g/mol. The van der Waals surface area contributed by atoms with Crippen LogP contribution >= 0.6 is 0 Å². The van der Waals surface area contributed by atoms with E-state index in [4.69, 9.17) is 9.47 Å². The Bertz CT molecular complexity index is 1030. The van der Waals surface area contributed by atoms with Gasteiger partial charge in [-0.1, -0.05) is 36.4 Å². The maximum Gasteiger partial charge on any atom is 0.123 e. The van der Waals surface area contributed by atoms with Crippen LogP contribution in [0.2, 0.25) is 0 Å². The number of rotatable bonds is 7. The topological polar surface area (TPSA) is 42.8 Å². The van der Waals surface area contributed by atoms with Gasteiger partial charge in [0.25, 0.3) is 0 Å². The Balaban J connectivity index is 1.14. The van der Waals surface area contributed by atoms with Gasteiger partial charge in [0.05, 0.1) is 18.9 Å². The molecule has 3 aromatic rings. The van der Waals surface area contributed by atoms with E-state index < -0.39 is 0 Å². The fraction of sp³-hybridized carbons (Fsp3) is 0.444. The lowest BCUT2D eigenvalue weighted by atomic mass is 10.0. The molecule has 0 amide bonds. The SMILES string of the molecule is Cn1cc(CN2CCOc3ccc(CN4CCC(OCc5ccccc5)CC4)cc3C2)cn1. The number of benzene rings is 2. The van der Waals surface area contributed by atoms with Gasteiger partial charge in [-0.2, -0.15) is 5.10 Å². The number of likely N-dealkylation sites (tertiary alicyclic amines) is 1. The lowest BCUT2D eigenvalue weighted by Gasteiger charge is -2.32. The van der Waals surface area contributed by atoms with Gasteiger partial charge in [0, 0.05) is 63.6 Å². The van der Waals surface area contributed by atoms with E-state index in [1.54, 1.807) is 0 Å².